The Kier molecular flexibility index (Phi) is 1.41. The van der Waals surface area contributed by atoms with Gasteiger partial charge in [-0.1, -0.05) is 0 Å². The van der Waals surface area contributed by atoms with E-state index >= 15 is 0 Å². The minimum absolute atomic E-state index is 0.777. The highest BCUT2D eigenvalue weighted by atomic mass is 15.1. The monoisotopic (exact) mass is 182 g/mol. The molecular formula is C10H6N4. The van der Waals surface area contributed by atoms with Gasteiger partial charge in [-0.05, 0) is 12.1 Å². The zero-order chi connectivity index (χ0) is 9.38. The minimum Gasteiger partial charge on any atom is -0.262 e. The fourth-order valence-corrected chi connectivity index (χ4v) is 1.48. The first-order chi connectivity index (χ1) is 6.95. The summed E-state index contributed by atoms with van der Waals surface area (Å²) >= 11 is 0. The number of hydrogen-bond acceptors (Lipinski definition) is 4. The topological polar surface area (TPSA) is 51.6 Å². The van der Waals surface area contributed by atoms with E-state index in [-0.39, 0.29) is 0 Å². The molecule has 2 aliphatic heterocycles. The van der Waals surface area contributed by atoms with Gasteiger partial charge in [0, 0.05) is 17.8 Å². The van der Waals surface area contributed by atoms with Crippen LogP contribution in [0.25, 0.3) is 22.2 Å². The van der Waals surface area contributed by atoms with E-state index in [0.29, 0.717) is 0 Å². The molecule has 0 amide bonds. The highest BCUT2D eigenvalue weighted by Crippen LogP contribution is 2.23. The second kappa shape index (κ2) is 2.70. The molecule has 0 saturated heterocycles. The van der Waals surface area contributed by atoms with Crippen LogP contribution in [0, 0.1) is 0 Å². The molecule has 3 heterocycles. The van der Waals surface area contributed by atoms with E-state index in [9.17, 15) is 0 Å². The van der Waals surface area contributed by atoms with Gasteiger partial charge in [-0.3, -0.25) is 9.97 Å². The maximum Gasteiger partial charge on any atom is 0.115 e. The van der Waals surface area contributed by atoms with Crippen LogP contribution in [0.15, 0.2) is 36.9 Å². The summed E-state index contributed by atoms with van der Waals surface area (Å²) in [7, 11) is 0. The van der Waals surface area contributed by atoms with Crippen LogP contribution in [0.3, 0.4) is 0 Å². The minimum atomic E-state index is 0.777. The molecule has 0 spiro atoms. The number of rotatable bonds is 0. The summed E-state index contributed by atoms with van der Waals surface area (Å²) < 4.78 is 0. The third-order valence-electron chi connectivity index (χ3n) is 2.13. The lowest BCUT2D eigenvalue weighted by Crippen LogP contribution is -1.77. The molecule has 0 unspecified atom stereocenters. The average Bonchev–Trinajstić information content (AvgIpc) is 2.61. The fraction of sp³-hybridized carbons (Fsp3) is 0. The summed E-state index contributed by atoms with van der Waals surface area (Å²) in [4.78, 5) is 8.43. The van der Waals surface area contributed by atoms with E-state index in [0.717, 1.165) is 22.2 Å². The van der Waals surface area contributed by atoms with Crippen molar-refractivity contribution in [3.8, 4) is 11.3 Å². The molecule has 0 aromatic carbocycles. The van der Waals surface area contributed by atoms with Crippen LogP contribution in [0.2, 0.25) is 0 Å². The summed E-state index contributed by atoms with van der Waals surface area (Å²) in [5.41, 5.74) is 2.61. The Balaban J connectivity index is 2.56. The first-order valence-corrected chi connectivity index (χ1v) is 4.25. The zero-order valence-electron chi connectivity index (χ0n) is 7.25. The lowest BCUT2D eigenvalue weighted by atomic mass is 10.2. The van der Waals surface area contributed by atoms with Gasteiger partial charge in [0.05, 0.1) is 23.5 Å². The van der Waals surface area contributed by atoms with E-state index in [1.165, 1.54) is 0 Å². The van der Waals surface area contributed by atoms with Crippen LogP contribution in [-0.2, 0) is 0 Å². The summed E-state index contributed by atoms with van der Waals surface area (Å²) in [6.07, 6.45) is 6.95. The van der Waals surface area contributed by atoms with Gasteiger partial charge in [-0.2, -0.15) is 5.10 Å². The molecular weight excluding hydrogens is 176 g/mol. The Morgan fingerprint density at radius 3 is 3.07 bits per heavy atom. The van der Waals surface area contributed by atoms with Crippen LogP contribution < -0.4 is 0 Å². The predicted octanol–water partition coefficient (Wildman–Crippen LogP) is 1.52. The van der Waals surface area contributed by atoms with Crippen LogP contribution >= 0.6 is 0 Å². The van der Waals surface area contributed by atoms with Crippen LogP contribution in [0.1, 0.15) is 0 Å². The first kappa shape index (κ1) is 7.32. The molecule has 0 fully saturated rings. The highest BCUT2D eigenvalue weighted by Gasteiger charge is 2.08. The second-order valence-corrected chi connectivity index (χ2v) is 2.99. The van der Waals surface area contributed by atoms with Crippen molar-refractivity contribution in [2.24, 2.45) is 0 Å². The van der Waals surface area contributed by atoms with Crippen LogP contribution in [0.5, 0.6) is 0 Å². The van der Waals surface area contributed by atoms with Crippen molar-refractivity contribution >= 4 is 10.9 Å². The van der Waals surface area contributed by atoms with E-state index in [1.807, 2.05) is 12.1 Å². The molecule has 1 aromatic rings. The number of fused-ring (bicyclic) bond motifs is 3. The van der Waals surface area contributed by atoms with Gasteiger partial charge < -0.3 is 0 Å². The van der Waals surface area contributed by atoms with Crippen molar-refractivity contribution in [1.29, 1.82) is 0 Å². The molecule has 0 aliphatic carbocycles. The van der Waals surface area contributed by atoms with Gasteiger partial charge in [0.1, 0.15) is 5.69 Å². The molecule has 1 aromatic heterocycles. The van der Waals surface area contributed by atoms with Gasteiger partial charge in [-0.15, -0.1) is 5.10 Å². The van der Waals surface area contributed by atoms with Gasteiger partial charge >= 0.3 is 0 Å². The van der Waals surface area contributed by atoms with E-state index in [1.54, 1.807) is 24.8 Å². The second-order valence-electron chi connectivity index (χ2n) is 2.99. The first-order valence-electron chi connectivity index (χ1n) is 4.25. The largest absolute Gasteiger partial charge is 0.262 e. The third kappa shape index (κ3) is 0.939. The normalized spacial score (nSPS) is 10.9. The maximum atomic E-state index is 4.30. The molecule has 0 bridgehead atoms. The Morgan fingerprint density at radius 1 is 1.07 bits per heavy atom. The zero-order valence-corrected chi connectivity index (χ0v) is 7.25. The number of hydrogen-bond donors (Lipinski definition) is 0. The molecule has 4 heteroatoms. The predicted molar refractivity (Wildman–Crippen MR) is 51.8 cm³/mol. The van der Waals surface area contributed by atoms with Crippen LogP contribution in [0.4, 0.5) is 0 Å². The average molecular weight is 182 g/mol. The molecule has 66 valence electrons. The smallest absolute Gasteiger partial charge is 0.115 e. The summed E-state index contributed by atoms with van der Waals surface area (Å²) in [5, 5.41) is 8.80. The van der Waals surface area contributed by atoms with E-state index in [2.05, 4.69) is 20.2 Å². The van der Waals surface area contributed by atoms with E-state index < -0.39 is 0 Å². The van der Waals surface area contributed by atoms with Gasteiger partial charge in [0.25, 0.3) is 0 Å². The van der Waals surface area contributed by atoms with Crippen molar-refractivity contribution in [2.75, 3.05) is 0 Å². The lowest BCUT2D eigenvalue weighted by molar-refractivity contribution is 1.09. The molecule has 0 radical (unpaired) electrons. The Bertz CT molecular complexity index is 564. The molecule has 14 heavy (non-hydrogen) atoms. The summed E-state index contributed by atoms with van der Waals surface area (Å²) in [6.45, 7) is 0. The quantitative estimate of drug-likeness (QED) is 0.529. The van der Waals surface area contributed by atoms with Gasteiger partial charge in [0.2, 0.25) is 0 Å². The molecule has 0 atom stereocenters. The van der Waals surface area contributed by atoms with Crippen molar-refractivity contribution in [2.45, 2.75) is 0 Å². The number of pyridine rings is 1. The molecule has 3 rings (SSSR count). The molecule has 4 nitrogen and oxygen atoms in total. The van der Waals surface area contributed by atoms with Crippen molar-refractivity contribution in [3.63, 3.8) is 0 Å². The van der Waals surface area contributed by atoms with Crippen molar-refractivity contribution in [1.82, 2.24) is 20.2 Å². The molecule has 0 saturated carbocycles. The molecule has 0 N–H and O–H groups in total. The highest BCUT2D eigenvalue weighted by molar-refractivity contribution is 5.91. The summed E-state index contributed by atoms with van der Waals surface area (Å²) in [6, 6.07) is 3.86. The van der Waals surface area contributed by atoms with Crippen molar-refractivity contribution < 1.29 is 0 Å². The van der Waals surface area contributed by atoms with E-state index in [4.69, 9.17) is 0 Å². The van der Waals surface area contributed by atoms with Crippen molar-refractivity contribution in [3.05, 3.63) is 36.9 Å². The number of aromatic nitrogens is 4. The van der Waals surface area contributed by atoms with Gasteiger partial charge in [-0.25, -0.2) is 0 Å². The fourth-order valence-electron chi connectivity index (χ4n) is 1.48. The lowest BCUT2D eigenvalue weighted by Gasteiger charge is -1.92. The van der Waals surface area contributed by atoms with Crippen LogP contribution in [-0.4, -0.2) is 20.2 Å². The molecule has 2 aliphatic rings. The number of nitrogens with zero attached hydrogens (tertiary/aromatic N) is 4. The maximum absolute atomic E-state index is 4.30. The summed E-state index contributed by atoms with van der Waals surface area (Å²) in [5.74, 6) is 0. The Labute approximate surface area is 80.0 Å². The standard InChI is InChI=1S/C10H6N4/c1-2-7-4-11-6-9-8(5-13-14-9)10(7)12-3-1/h1-6H. The third-order valence-corrected chi connectivity index (χ3v) is 2.13. The SMILES string of the molecule is c1cnc2c3cnnc-3cncc2c1. The Morgan fingerprint density at radius 2 is 2.07 bits per heavy atom. The Hall–Kier alpha value is -2.10. The van der Waals surface area contributed by atoms with Gasteiger partial charge in [0.15, 0.2) is 0 Å².